The van der Waals surface area contributed by atoms with Crippen molar-refractivity contribution in [1.82, 2.24) is 15.0 Å². The van der Waals surface area contributed by atoms with E-state index in [1.54, 1.807) is 4.68 Å². The molecule has 0 bridgehead atoms. The van der Waals surface area contributed by atoms with Gasteiger partial charge in [-0.3, -0.25) is 4.79 Å². The molecule has 5 nitrogen and oxygen atoms in total. The van der Waals surface area contributed by atoms with Crippen molar-refractivity contribution in [3.8, 4) is 22.5 Å². The van der Waals surface area contributed by atoms with Gasteiger partial charge in [0.2, 0.25) is 5.91 Å². The molecule has 0 spiro atoms. The van der Waals surface area contributed by atoms with Crippen molar-refractivity contribution in [3.05, 3.63) is 54.1 Å². The molecule has 1 amide bonds. The number of rotatable bonds is 2. The van der Waals surface area contributed by atoms with Crippen molar-refractivity contribution < 1.29 is 4.79 Å². The van der Waals surface area contributed by atoms with Crippen LogP contribution in [0, 0.1) is 0 Å². The minimum atomic E-state index is 0.142. The number of para-hydroxylation sites is 1. The number of hydrogen-bond acceptors (Lipinski definition) is 3. The SMILES string of the molecule is CCCC(=O)N1Cc2ccccc2-c2nnn(C)c2-c2ccccc21. The smallest absolute Gasteiger partial charge is 0.227 e. The van der Waals surface area contributed by atoms with Gasteiger partial charge in [-0.15, -0.1) is 5.10 Å². The van der Waals surface area contributed by atoms with Crippen LogP contribution in [0.25, 0.3) is 22.5 Å². The fourth-order valence-corrected chi connectivity index (χ4v) is 3.47. The highest BCUT2D eigenvalue weighted by molar-refractivity contribution is 6.00. The molecule has 0 radical (unpaired) electrons. The molecule has 0 aliphatic carbocycles. The van der Waals surface area contributed by atoms with Crippen LogP contribution in [0.2, 0.25) is 0 Å². The van der Waals surface area contributed by atoms with Crippen LogP contribution in [0.15, 0.2) is 48.5 Å². The molecule has 5 heteroatoms. The third kappa shape index (κ3) is 2.52. The summed E-state index contributed by atoms with van der Waals surface area (Å²) in [6.45, 7) is 2.58. The molecular weight excluding hydrogens is 312 g/mol. The molecular formula is C20H20N4O. The Labute approximate surface area is 146 Å². The number of nitrogens with zero attached hydrogens (tertiary/aromatic N) is 4. The van der Waals surface area contributed by atoms with Crippen molar-refractivity contribution in [3.63, 3.8) is 0 Å². The summed E-state index contributed by atoms with van der Waals surface area (Å²) in [6, 6.07) is 16.1. The molecule has 2 aromatic carbocycles. The van der Waals surface area contributed by atoms with Crippen molar-refractivity contribution in [1.29, 1.82) is 0 Å². The van der Waals surface area contributed by atoms with E-state index in [1.807, 2.05) is 55.3 Å². The number of fused-ring (bicyclic) bond motifs is 5. The Bertz CT molecular complexity index is 944. The Morgan fingerprint density at radius 1 is 1.08 bits per heavy atom. The van der Waals surface area contributed by atoms with Gasteiger partial charge in [0.05, 0.1) is 17.9 Å². The van der Waals surface area contributed by atoms with Crippen LogP contribution in [-0.2, 0) is 18.4 Å². The minimum Gasteiger partial charge on any atom is -0.307 e. The standard InChI is InChI=1S/C20H20N4O/c1-3-8-18(25)24-13-14-9-4-5-10-15(14)19-20(23(2)22-21-19)16-11-6-7-12-17(16)24/h4-7,9-12H,3,8,13H2,1-2H3. The Morgan fingerprint density at radius 2 is 1.80 bits per heavy atom. The van der Waals surface area contributed by atoms with Crippen LogP contribution in [0.5, 0.6) is 0 Å². The van der Waals surface area contributed by atoms with Crippen molar-refractivity contribution >= 4 is 11.6 Å². The highest BCUT2D eigenvalue weighted by atomic mass is 16.2. The summed E-state index contributed by atoms with van der Waals surface area (Å²) in [5.74, 6) is 0.142. The first-order valence-corrected chi connectivity index (χ1v) is 8.58. The topological polar surface area (TPSA) is 51.0 Å². The Hall–Kier alpha value is -2.95. The second-order valence-corrected chi connectivity index (χ2v) is 6.31. The molecule has 3 aromatic rings. The van der Waals surface area contributed by atoms with E-state index in [-0.39, 0.29) is 5.91 Å². The van der Waals surface area contributed by atoms with Crippen LogP contribution < -0.4 is 4.90 Å². The van der Waals surface area contributed by atoms with Crippen molar-refractivity contribution in [2.45, 2.75) is 26.3 Å². The number of carbonyl (C=O) groups excluding carboxylic acids is 1. The predicted octanol–water partition coefficient (Wildman–Crippen LogP) is 3.80. The fraction of sp³-hybridized carbons (Fsp3) is 0.250. The molecule has 0 saturated heterocycles. The molecule has 2 heterocycles. The fourth-order valence-electron chi connectivity index (χ4n) is 3.47. The van der Waals surface area contributed by atoms with Gasteiger partial charge in [-0.25, -0.2) is 4.68 Å². The molecule has 0 N–H and O–H groups in total. The third-order valence-corrected chi connectivity index (χ3v) is 4.64. The third-order valence-electron chi connectivity index (χ3n) is 4.64. The summed E-state index contributed by atoms with van der Waals surface area (Å²) in [4.78, 5) is 14.8. The lowest BCUT2D eigenvalue weighted by molar-refractivity contribution is -0.118. The van der Waals surface area contributed by atoms with Gasteiger partial charge in [0.15, 0.2) is 0 Å². The van der Waals surface area contributed by atoms with Gasteiger partial charge in [0.25, 0.3) is 0 Å². The second-order valence-electron chi connectivity index (χ2n) is 6.31. The number of hydrogen-bond donors (Lipinski definition) is 0. The summed E-state index contributed by atoms with van der Waals surface area (Å²) in [5, 5.41) is 8.66. The number of carbonyl (C=O) groups is 1. The monoisotopic (exact) mass is 332 g/mol. The maximum absolute atomic E-state index is 12.9. The molecule has 0 unspecified atom stereocenters. The van der Waals surface area contributed by atoms with Gasteiger partial charge in [-0.1, -0.05) is 54.6 Å². The molecule has 1 aliphatic rings. The van der Waals surface area contributed by atoms with Crippen LogP contribution in [-0.4, -0.2) is 20.9 Å². The first-order valence-electron chi connectivity index (χ1n) is 8.58. The number of aromatic nitrogens is 3. The number of benzene rings is 2. The summed E-state index contributed by atoms with van der Waals surface area (Å²) in [6.07, 6.45) is 1.37. The van der Waals surface area contributed by atoms with E-state index in [0.29, 0.717) is 13.0 Å². The van der Waals surface area contributed by atoms with Crippen LogP contribution in [0.1, 0.15) is 25.3 Å². The maximum Gasteiger partial charge on any atom is 0.227 e. The normalized spacial score (nSPS) is 12.6. The van der Waals surface area contributed by atoms with Gasteiger partial charge in [-0.05, 0) is 18.1 Å². The van der Waals surface area contributed by atoms with Crippen LogP contribution in [0.4, 0.5) is 5.69 Å². The zero-order valence-electron chi connectivity index (χ0n) is 14.4. The van der Waals surface area contributed by atoms with Crippen LogP contribution in [0.3, 0.4) is 0 Å². The lowest BCUT2D eigenvalue weighted by Crippen LogP contribution is -2.31. The lowest BCUT2D eigenvalue weighted by atomic mass is 9.95. The Balaban J connectivity index is 2.02. The second kappa shape index (κ2) is 6.16. The van der Waals surface area contributed by atoms with E-state index in [4.69, 9.17) is 0 Å². The largest absolute Gasteiger partial charge is 0.307 e. The molecule has 4 rings (SSSR count). The van der Waals surface area contributed by atoms with E-state index in [1.165, 1.54) is 0 Å². The number of anilines is 1. The highest BCUT2D eigenvalue weighted by Gasteiger charge is 2.27. The zero-order chi connectivity index (χ0) is 17.4. The average molecular weight is 332 g/mol. The summed E-state index contributed by atoms with van der Waals surface area (Å²) < 4.78 is 1.79. The predicted molar refractivity (Wildman–Crippen MR) is 98.0 cm³/mol. The van der Waals surface area contributed by atoms with Crippen molar-refractivity contribution in [2.24, 2.45) is 7.05 Å². The van der Waals surface area contributed by atoms with Gasteiger partial charge in [0.1, 0.15) is 5.69 Å². The van der Waals surface area contributed by atoms with Crippen LogP contribution >= 0.6 is 0 Å². The molecule has 0 saturated carbocycles. The molecule has 1 aliphatic heterocycles. The zero-order valence-corrected chi connectivity index (χ0v) is 14.4. The van der Waals surface area contributed by atoms with Gasteiger partial charge >= 0.3 is 0 Å². The van der Waals surface area contributed by atoms with E-state index >= 15 is 0 Å². The Morgan fingerprint density at radius 3 is 2.60 bits per heavy atom. The van der Waals surface area contributed by atoms with E-state index in [0.717, 1.165) is 40.2 Å². The molecule has 0 fully saturated rings. The van der Waals surface area contributed by atoms with Crippen molar-refractivity contribution in [2.75, 3.05) is 4.90 Å². The maximum atomic E-state index is 12.9. The average Bonchev–Trinajstić information content (AvgIpc) is 2.99. The quantitative estimate of drug-likeness (QED) is 0.717. The summed E-state index contributed by atoms with van der Waals surface area (Å²) in [7, 11) is 1.89. The first-order chi connectivity index (χ1) is 12.2. The van der Waals surface area contributed by atoms with E-state index in [9.17, 15) is 4.79 Å². The van der Waals surface area contributed by atoms with E-state index < -0.39 is 0 Å². The number of aryl methyl sites for hydroxylation is 1. The first kappa shape index (κ1) is 15.6. The number of amides is 1. The molecule has 1 aromatic heterocycles. The van der Waals surface area contributed by atoms with E-state index in [2.05, 4.69) is 22.4 Å². The summed E-state index contributed by atoms with van der Waals surface area (Å²) >= 11 is 0. The molecule has 25 heavy (non-hydrogen) atoms. The highest BCUT2D eigenvalue weighted by Crippen LogP contribution is 2.40. The molecule has 126 valence electrons. The Kier molecular flexibility index (Phi) is 3.84. The molecule has 0 atom stereocenters. The lowest BCUT2D eigenvalue weighted by Gasteiger charge is -2.28. The van der Waals surface area contributed by atoms with Gasteiger partial charge in [0, 0.05) is 24.6 Å². The van der Waals surface area contributed by atoms with Gasteiger partial charge in [-0.2, -0.15) is 0 Å². The summed E-state index contributed by atoms with van der Waals surface area (Å²) in [5.41, 5.74) is 5.84. The minimum absolute atomic E-state index is 0.142. The van der Waals surface area contributed by atoms with Gasteiger partial charge < -0.3 is 4.90 Å².